The van der Waals surface area contributed by atoms with E-state index in [1.54, 1.807) is 7.11 Å². The first-order valence-corrected chi connectivity index (χ1v) is 14.5. The first-order chi connectivity index (χ1) is 18.6. The number of hydrogen-bond acceptors (Lipinski definition) is 8. The lowest BCUT2D eigenvalue weighted by atomic mass is 9.92. The third kappa shape index (κ3) is 5.73. The van der Waals surface area contributed by atoms with Gasteiger partial charge in [-0.25, -0.2) is 4.98 Å². The van der Waals surface area contributed by atoms with E-state index in [1.807, 2.05) is 18.5 Å². The van der Waals surface area contributed by atoms with Gasteiger partial charge in [-0.05, 0) is 69.1 Å². The van der Waals surface area contributed by atoms with E-state index in [1.165, 1.54) is 31.2 Å². The molecule has 3 heterocycles. The van der Waals surface area contributed by atoms with Gasteiger partial charge in [0.25, 0.3) is 0 Å². The average molecular weight is 519 g/mol. The van der Waals surface area contributed by atoms with Crippen molar-refractivity contribution < 1.29 is 4.74 Å². The van der Waals surface area contributed by atoms with E-state index in [-0.39, 0.29) is 0 Å². The van der Waals surface area contributed by atoms with Crippen LogP contribution in [-0.2, 0) is 6.54 Å². The number of nitrogens with two attached hydrogens (primary N) is 1. The molecule has 4 N–H and O–H groups in total. The normalized spacial score (nSPS) is 23.6. The molecule has 2 saturated carbocycles. The third-order valence-corrected chi connectivity index (χ3v) is 8.74. The molecule has 3 aromatic rings. The first kappa shape index (κ1) is 25.4. The quantitative estimate of drug-likeness (QED) is 0.394. The van der Waals surface area contributed by atoms with Crippen molar-refractivity contribution in [3.63, 3.8) is 0 Å². The smallest absolute Gasteiger partial charge is 0.227 e. The zero-order valence-corrected chi connectivity index (χ0v) is 22.6. The number of likely N-dealkylation sites (tertiary alicyclic amines) is 1. The van der Waals surface area contributed by atoms with Crippen molar-refractivity contribution in [2.75, 3.05) is 30.8 Å². The van der Waals surface area contributed by atoms with Crippen LogP contribution >= 0.6 is 0 Å². The standard InChI is InChI=1S/C29H42N8O/c1-38-25-12-6-20(7-13-25)18-36-16-14-23(15-17-36)33-29-34-27(32-22-10-8-21(30)9-11-22)26-28(35-29)37(19-31-26)24-4-2-3-5-24/h6-7,12-13,19,21-24H,2-5,8-11,14-18,30H2,1H3,(H2,32,33,34,35). The maximum Gasteiger partial charge on any atom is 0.227 e. The Morgan fingerprint density at radius 1 is 0.895 bits per heavy atom. The van der Waals surface area contributed by atoms with Crippen LogP contribution in [0.15, 0.2) is 30.6 Å². The number of aromatic nitrogens is 4. The highest BCUT2D eigenvalue weighted by molar-refractivity contribution is 5.84. The molecule has 0 bridgehead atoms. The monoisotopic (exact) mass is 518 g/mol. The Hall–Kier alpha value is -2.91. The molecule has 0 spiro atoms. The summed E-state index contributed by atoms with van der Waals surface area (Å²) >= 11 is 0. The maximum absolute atomic E-state index is 6.16. The fourth-order valence-corrected chi connectivity index (χ4v) is 6.40. The topological polar surface area (TPSA) is 106 Å². The SMILES string of the molecule is COc1ccc(CN2CCC(Nc3nc(NC4CCC(N)CC4)c4ncn(C5CCCC5)c4n3)CC2)cc1. The lowest BCUT2D eigenvalue weighted by Gasteiger charge is -2.32. The maximum atomic E-state index is 6.16. The molecule has 0 atom stereocenters. The third-order valence-electron chi connectivity index (χ3n) is 8.74. The number of fused-ring (bicyclic) bond motifs is 1. The molecule has 3 aliphatic rings. The van der Waals surface area contributed by atoms with Gasteiger partial charge in [0, 0.05) is 43.8 Å². The molecule has 9 nitrogen and oxygen atoms in total. The number of nitrogens with zero attached hydrogens (tertiary/aromatic N) is 5. The van der Waals surface area contributed by atoms with E-state index in [0.717, 1.165) is 86.8 Å². The highest BCUT2D eigenvalue weighted by Crippen LogP contribution is 2.34. The number of rotatable bonds is 8. The van der Waals surface area contributed by atoms with Gasteiger partial charge < -0.3 is 25.7 Å². The minimum atomic E-state index is 0.327. The Morgan fingerprint density at radius 2 is 1.61 bits per heavy atom. The van der Waals surface area contributed by atoms with E-state index in [2.05, 4.69) is 32.2 Å². The van der Waals surface area contributed by atoms with Crippen molar-refractivity contribution in [1.29, 1.82) is 0 Å². The summed E-state index contributed by atoms with van der Waals surface area (Å²) in [6.45, 7) is 3.08. The van der Waals surface area contributed by atoms with Crippen LogP contribution in [0.1, 0.15) is 75.8 Å². The summed E-state index contributed by atoms with van der Waals surface area (Å²) in [5, 5.41) is 7.43. The molecule has 38 heavy (non-hydrogen) atoms. The van der Waals surface area contributed by atoms with Crippen LogP contribution in [0.2, 0.25) is 0 Å². The fourth-order valence-electron chi connectivity index (χ4n) is 6.40. The van der Waals surface area contributed by atoms with Crippen LogP contribution in [0.4, 0.5) is 11.8 Å². The largest absolute Gasteiger partial charge is 0.497 e. The van der Waals surface area contributed by atoms with Gasteiger partial charge in [0.1, 0.15) is 5.75 Å². The Bertz CT molecular complexity index is 1190. The molecule has 6 rings (SSSR count). The van der Waals surface area contributed by atoms with Crippen LogP contribution in [0, 0.1) is 0 Å². The minimum Gasteiger partial charge on any atom is -0.497 e. The molecule has 0 radical (unpaired) electrons. The molecular formula is C29H42N8O. The van der Waals surface area contributed by atoms with Gasteiger partial charge >= 0.3 is 0 Å². The molecule has 2 aromatic heterocycles. The lowest BCUT2D eigenvalue weighted by molar-refractivity contribution is 0.211. The predicted molar refractivity (Wildman–Crippen MR) is 152 cm³/mol. The first-order valence-electron chi connectivity index (χ1n) is 14.5. The van der Waals surface area contributed by atoms with E-state index < -0.39 is 0 Å². The van der Waals surface area contributed by atoms with Crippen LogP contribution < -0.4 is 21.1 Å². The molecule has 9 heteroatoms. The van der Waals surface area contributed by atoms with Crippen molar-refractivity contribution in [1.82, 2.24) is 24.4 Å². The average Bonchev–Trinajstić information content (AvgIpc) is 3.62. The Kier molecular flexibility index (Phi) is 7.65. The van der Waals surface area contributed by atoms with Crippen LogP contribution in [-0.4, -0.2) is 62.7 Å². The molecule has 0 unspecified atom stereocenters. The number of imidazole rings is 1. The Morgan fingerprint density at radius 3 is 2.32 bits per heavy atom. The fraction of sp³-hybridized carbons (Fsp3) is 0.621. The van der Waals surface area contributed by atoms with Crippen LogP contribution in [0.5, 0.6) is 5.75 Å². The summed E-state index contributed by atoms with van der Waals surface area (Å²) in [5.41, 5.74) is 9.34. The number of nitrogens with one attached hydrogen (secondary N) is 2. The van der Waals surface area contributed by atoms with Gasteiger partial charge in [-0.1, -0.05) is 25.0 Å². The van der Waals surface area contributed by atoms with Gasteiger partial charge in [-0.15, -0.1) is 0 Å². The van der Waals surface area contributed by atoms with Crippen molar-refractivity contribution in [2.24, 2.45) is 5.73 Å². The molecule has 3 fully saturated rings. The second kappa shape index (κ2) is 11.5. The van der Waals surface area contributed by atoms with E-state index in [9.17, 15) is 0 Å². The second-order valence-electron chi connectivity index (χ2n) is 11.5. The highest BCUT2D eigenvalue weighted by atomic mass is 16.5. The summed E-state index contributed by atoms with van der Waals surface area (Å²) in [7, 11) is 1.71. The zero-order valence-electron chi connectivity index (χ0n) is 22.6. The molecular weight excluding hydrogens is 476 g/mol. The summed E-state index contributed by atoms with van der Waals surface area (Å²) in [5.74, 6) is 2.50. The van der Waals surface area contributed by atoms with Gasteiger partial charge in [-0.3, -0.25) is 4.90 Å². The minimum absolute atomic E-state index is 0.327. The molecule has 2 aliphatic carbocycles. The number of benzene rings is 1. The molecule has 1 aromatic carbocycles. The lowest BCUT2D eigenvalue weighted by Crippen LogP contribution is -2.39. The van der Waals surface area contributed by atoms with E-state index in [0.29, 0.717) is 24.2 Å². The van der Waals surface area contributed by atoms with Crippen LogP contribution in [0.3, 0.4) is 0 Å². The van der Waals surface area contributed by atoms with Gasteiger partial charge in [0.15, 0.2) is 17.0 Å². The predicted octanol–water partition coefficient (Wildman–Crippen LogP) is 4.71. The van der Waals surface area contributed by atoms with Crippen molar-refractivity contribution in [3.8, 4) is 5.75 Å². The zero-order chi connectivity index (χ0) is 25.9. The molecule has 1 saturated heterocycles. The van der Waals surface area contributed by atoms with Gasteiger partial charge in [0.05, 0.1) is 13.4 Å². The molecule has 1 aliphatic heterocycles. The van der Waals surface area contributed by atoms with Gasteiger partial charge in [0.2, 0.25) is 5.95 Å². The Balaban J connectivity index is 1.15. The second-order valence-corrected chi connectivity index (χ2v) is 11.5. The van der Waals surface area contributed by atoms with E-state index >= 15 is 0 Å². The highest BCUT2D eigenvalue weighted by Gasteiger charge is 2.26. The van der Waals surface area contributed by atoms with E-state index in [4.69, 9.17) is 25.4 Å². The summed E-state index contributed by atoms with van der Waals surface area (Å²) in [6, 6.07) is 9.98. The summed E-state index contributed by atoms with van der Waals surface area (Å²) in [6.07, 6.45) is 13.4. The van der Waals surface area contributed by atoms with Crippen molar-refractivity contribution in [3.05, 3.63) is 36.2 Å². The summed E-state index contributed by atoms with van der Waals surface area (Å²) in [4.78, 5) is 17.3. The van der Waals surface area contributed by atoms with Crippen molar-refractivity contribution >= 4 is 22.9 Å². The summed E-state index contributed by atoms with van der Waals surface area (Å²) < 4.78 is 7.59. The number of ether oxygens (including phenoxy) is 1. The van der Waals surface area contributed by atoms with Gasteiger partial charge in [-0.2, -0.15) is 9.97 Å². The molecule has 204 valence electrons. The van der Waals surface area contributed by atoms with Crippen molar-refractivity contribution in [2.45, 2.75) is 94.9 Å². The molecule has 0 amide bonds. The van der Waals surface area contributed by atoms with Crippen LogP contribution in [0.25, 0.3) is 11.2 Å². The Labute approximate surface area is 225 Å². The number of methoxy groups -OCH3 is 1. The number of hydrogen-bond donors (Lipinski definition) is 3. The number of anilines is 2. The number of piperidine rings is 1.